The van der Waals surface area contributed by atoms with Crippen LogP contribution in [-0.2, 0) is 12.8 Å². The first-order valence-corrected chi connectivity index (χ1v) is 28.0. The number of hydrogen-bond donors (Lipinski definition) is 0. The zero-order valence-electron chi connectivity index (χ0n) is 42.2. The summed E-state index contributed by atoms with van der Waals surface area (Å²) in [4.78, 5) is 10.9. The predicted octanol–water partition coefficient (Wildman–Crippen LogP) is 21.3. The van der Waals surface area contributed by atoms with Crippen LogP contribution in [0.1, 0.15) is 296 Å². The second kappa shape index (κ2) is 42.7. The molecule has 0 aliphatic heterocycles. The summed E-state index contributed by atoms with van der Waals surface area (Å²) in [6, 6.07) is 18.3. The largest absolute Gasteiger partial charge is 0.252 e. The van der Waals surface area contributed by atoms with Crippen molar-refractivity contribution in [3.63, 3.8) is 0 Å². The standard InChI is InChI=1S/C60H104N2/c1-5-9-13-16-19-21-23-25-27-29-31-33-35-37-40-45-55-47-43-49-57(53-55)61-59(51-12-8-4)60(52-42-39-18-15-11-7-3)62-58-50-44-48-56(54-58)46-41-38-36-34-32-30-28-26-24-22-20-17-14-10-6-2/h43-44,47-50,53-54H,5-42,45-46,51-52H2,1-4H3. The maximum absolute atomic E-state index is 5.45. The molecule has 0 bridgehead atoms. The van der Waals surface area contributed by atoms with Gasteiger partial charge in [-0.1, -0.05) is 270 Å². The van der Waals surface area contributed by atoms with E-state index >= 15 is 0 Å². The first-order chi connectivity index (χ1) is 30.7. The number of aliphatic imine (C=N–C) groups is 2. The molecule has 0 radical (unpaired) electrons. The maximum Gasteiger partial charge on any atom is 0.0636 e. The minimum absolute atomic E-state index is 1.01. The minimum Gasteiger partial charge on any atom is -0.252 e. The highest BCUT2D eigenvalue weighted by Crippen LogP contribution is 2.24. The van der Waals surface area contributed by atoms with E-state index in [1.165, 1.54) is 260 Å². The second-order valence-corrected chi connectivity index (χ2v) is 19.5. The molecule has 354 valence electrons. The third kappa shape index (κ3) is 32.4. The van der Waals surface area contributed by atoms with Crippen molar-refractivity contribution in [1.82, 2.24) is 0 Å². The molecule has 0 amide bonds. The van der Waals surface area contributed by atoms with Crippen LogP contribution in [0.5, 0.6) is 0 Å². The Bertz CT molecular complexity index is 1320. The van der Waals surface area contributed by atoms with Crippen LogP contribution in [-0.4, -0.2) is 11.4 Å². The van der Waals surface area contributed by atoms with Gasteiger partial charge in [-0.3, -0.25) is 9.98 Å². The average molecular weight is 854 g/mol. The van der Waals surface area contributed by atoms with Gasteiger partial charge in [0, 0.05) is 0 Å². The summed E-state index contributed by atoms with van der Waals surface area (Å²) < 4.78 is 0. The van der Waals surface area contributed by atoms with Gasteiger partial charge in [-0.15, -0.1) is 0 Å². The van der Waals surface area contributed by atoms with Crippen LogP contribution >= 0.6 is 0 Å². The topological polar surface area (TPSA) is 24.7 Å². The molecular formula is C60H104N2. The van der Waals surface area contributed by atoms with Gasteiger partial charge in [-0.05, 0) is 86.8 Å². The Labute approximate surface area is 388 Å². The quantitative estimate of drug-likeness (QED) is 0.0468. The molecule has 2 aromatic rings. The summed E-state index contributed by atoms with van der Waals surface area (Å²) in [6.07, 6.45) is 57.0. The fourth-order valence-electron chi connectivity index (χ4n) is 9.22. The summed E-state index contributed by atoms with van der Waals surface area (Å²) in [5.41, 5.74) is 7.57. The van der Waals surface area contributed by atoms with Crippen molar-refractivity contribution in [1.29, 1.82) is 0 Å². The van der Waals surface area contributed by atoms with Crippen LogP contribution in [0.4, 0.5) is 11.4 Å². The van der Waals surface area contributed by atoms with Gasteiger partial charge in [0.05, 0.1) is 22.8 Å². The van der Waals surface area contributed by atoms with Gasteiger partial charge >= 0.3 is 0 Å². The van der Waals surface area contributed by atoms with Crippen molar-refractivity contribution in [2.24, 2.45) is 9.98 Å². The van der Waals surface area contributed by atoms with Gasteiger partial charge in [0.2, 0.25) is 0 Å². The number of nitrogens with zero attached hydrogens (tertiary/aromatic N) is 2. The zero-order valence-corrected chi connectivity index (χ0v) is 42.2. The molecule has 2 nitrogen and oxygen atoms in total. The highest BCUT2D eigenvalue weighted by Gasteiger charge is 2.12. The van der Waals surface area contributed by atoms with E-state index in [4.69, 9.17) is 9.98 Å². The Morgan fingerprint density at radius 3 is 0.855 bits per heavy atom. The molecule has 62 heavy (non-hydrogen) atoms. The lowest BCUT2D eigenvalue weighted by Crippen LogP contribution is -2.14. The molecule has 0 atom stereocenters. The maximum atomic E-state index is 5.45. The highest BCUT2D eigenvalue weighted by atomic mass is 14.8. The van der Waals surface area contributed by atoms with E-state index in [2.05, 4.69) is 76.2 Å². The van der Waals surface area contributed by atoms with Gasteiger partial charge in [-0.2, -0.15) is 0 Å². The van der Waals surface area contributed by atoms with Gasteiger partial charge in [0.15, 0.2) is 0 Å². The Kier molecular flexibility index (Phi) is 38.5. The van der Waals surface area contributed by atoms with E-state index in [-0.39, 0.29) is 0 Å². The summed E-state index contributed by atoms with van der Waals surface area (Å²) >= 11 is 0. The fraction of sp³-hybridized carbons (Fsp3) is 0.767. The summed E-state index contributed by atoms with van der Waals surface area (Å²) in [6.45, 7) is 9.23. The number of aryl methyl sites for hydroxylation is 2. The van der Waals surface area contributed by atoms with Crippen LogP contribution in [0.15, 0.2) is 58.5 Å². The van der Waals surface area contributed by atoms with Crippen molar-refractivity contribution in [2.45, 2.75) is 297 Å². The first kappa shape index (κ1) is 55.9. The Hall–Kier alpha value is -2.22. The smallest absolute Gasteiger partial charge is 0.0636 e. The number of hydrogen-bond acceptors (Lipinski definition) is 2. The lowest BCUT2D eigenvalue weighted by Gasteiger charge is -2.12. The minimum atomic E-state index is 1.01. The summed E-state index contributed by atoms with van der Waals surface area (Å²) in [7, 11) is 0. The van der Waals surface area contributed by atoms with Crippen LogP contribution in [0, 0.1) is 0 Å². The Balaban J connectivity index is 1.88. The molecular weight excluding hydrogens is 749 g/mol. The van der Waals surface area contributed by atoms with Crippen molar-refractivity contribution in [3.8, 4) is 0 Å². The van der Waals surface area contributed by atoms with E-state index in [9.17, 15) is 0 Å². The molecule has 0 N–H and O–H groups in total. The highest BCUT2D eigenvalue weighted by molar-refractivity contribution is 6.43. The fourth-order valence-corrected chi connectivity index (χ4v) is 9.22. The van der Waals surface area contributed by atoms with Crippen molar-refractivity contribution >= 4 is 22.8 Å². The van der Waals surface area contributed by atoms with Crippen LogP contribution < -0.4 is 0 Å². The molecule has 0 heterocycles. The van der Waals surface area contributed by atoms with Crippen LogP contribution in [0.2, 0.25) is 0 Å². The van der Waals surface area contributed by atoms with E-state index in [1.54, 1.807) is 0 Å². The van der Waals surface area contributed by atoms with E-state index in [1.807, 2.05) is 0 Å². The normalized spacial score (nSPS) is 12.2. The zero-order chi connectivity index (χ0) is 44.2. The number of rotatable bonds is 45. The van der Waals surface area contributed by atoms with E-state index in [0.717, 1.165) is 43.5 Å². The number of benzene rings is 2. The van der Waals surface area contributed by atoms with E-state index < -0.39 is 0 Å². The average Bonchev–Trinajstić information content (AvgIpc) is 3.28. The SMILES string of the molecule is CCCCCCCCCCCCCCCCCc1cccc(N=C(CCCC)C(CCCCCCCC)=Nc2cccc(CCCCCCCCCCCCCCCCC)c2)c1. The third-order valence-electron chi connectivity index (χ3n) is 13.4. The molecule has 0 fully saturated rings. The summed E-state index contributed by atoms with van der Waals surface area (Å²) in [5, 5.41) is 0. The van der Waals surface area contributed by atoms with Crippen LogP contribution in [0.25, 0.3) is 0 Å². The molecule has 0 aliphatic rings. The van der Waals surface area contributed by atoms with Crippen molar-refractivity contribution in [2.75, 3.05) is 0 Å². The molecule has 2 aromatic carbocycles. The molecule has 0 spiro atoms. The molecule has 2 heteroatoms. The molecule has 2 rings (SSSR count). The summed E-state index contributed by atoms with van der Waals surface area (Å²) in [5.74, 6) is 0. The van der Waals surface area contributed by atoms with Gasteiger partial charge < -0.3 is 0 Å². The lowest BCUT2D eigenvalue weighted by molar-refractivity contribution is 0.532. The third-order valence-corrected chi connectivity index (χ3v) is 13.4. The molecule has 0 aromatic heterocycles. The van der Waals surface area contributed by atoms with Crippen molar-refractivity contribution < 1.29 is 0 Å². The first-order valence-electron chi connectivity index (χ1n) is 28.0. The Morgan fingerprint density at radius 1 is 0.290 bits per heavy atom. The predicted molar refractivity (Wildman–Crippen MR) is 282 cm³/mol. The van der Waals surface area contributed by atoms with Gasteiger partial charge in [-0.25, -0.2) is 0 Å². The molecule has 0 saturated carbocycles. The van der Waals surface area contributed by atoms with Gasteiger partial charge in [0.1, 0.15) is 0 Å². The van der Waals surface area contributed by atoms with Crippen LogP contribution in [0.3, 0.4) is 0 Å². The van der Waals surface area contributed by atoms with Gasteiger partial charge in [0.25, 0.3) is 0 Å². The monoisotopic (exact) mass is 853 g/mol. The lowest BCUT2D eigenvalue weighted by atomic mass is 10.0. The molecule has 0 unspecified atom stereocenters. The molecule has 0 aliphatic carbocycles. The van der Waals surface area contributed by atoms with E-state index in [0.29, 0.717) is 0 Å². The molecule has 0 saturated heterocycles. The Morgan fingerprint density at radius 2 is 0.548 bits per heavy atom. The second-order valence-electron chi connectivity index (χ2n) is 19.5. The number of unbranched alkanes of at least 4 members (excludes halogenated alkanes) is 34. The van der Waals surface area contributed by atoms with Crippen molar-refractivity contribution in [3.05, 3.63) is 59.7 Å².